The number of aliphatic hydroxyl groups excluding tert-OH is 1. The highest BCUT2D eigenvalue weighted by Gasteiger charge is 2.23. The Bertz CT molecular complexity index is 1150. The van der Waals surface area contributed by atoms with Crippen molar-refractivity contribution in [3.05, 3.63) is 74.7 Å². The molecule has 1 aromatic heterocycles. The average Bonchev–Trinajstić information content (AvgIpc) is 3.27. The second-order valence-corrected chi connectivity index (χ2v) is 8.71. The molecule has 0 saturated carbocycles. The number of aromatic nitrogens is 1. The number of aryl methyl sites for hydroxylation is 1. The lowest BCUT2D eigenvalue weighted by Gasteiger charge is -2.23. The molecule has 9 heteroatoms. The van der Waals surface area contributed by atoms with Crippen LogP contribution >= 0.6 is 11.3 Å². The minimum atomic E-state index is -1.85. The lowest BCUT2D eigenvalue weighted by atomic mass is 10.1. The molecule has 1 heterocycles. The van der Waals surface area contributed by atoms with Gasteiger partial charge in [-0.3, -0.25) is 4.79 Å². The van der Waals surface area contributed by atoms with Crippen molar-refractivity contribution in [1.82, 2.24) is 9.88 Å². The zero-order valence-electron chi connectivity index (χ0n) is 19.3. The fourth-order valence-electron chi connectivity index (χ4n) is 3.63. The summed E-state index contributed by atoms with van der Waals surface area (Å²) in [5.41, 5.74) is 2.26. The lowest BCUT2D eigenvalue weighted by Crippen LogP contribution is -2.32. The van der Waals surface area contributed by atoms with Crippen LogP contribution in [0.2, 0.25) is 0 Å². The highest BCUT2D eigenvalue weighted by molar-refractivity contribution is 7.12. The standard InChI is InChI=1S/C25H27N3O5S/c1-16-19(32-2)12-18(13-20(16)33-3)24(29)28(11-7-10-17-8-5-4-6-9-17)15-22-27-23(25(30)31)21(14-26)34-22/h4-6,8-9,12-13,25,30-31H,7,10-11,15H2,1-3H3. The van der Waals surface area contributed by atoms with Gasteiger partial charge in [0, 0.05) is 17.7 Å². The van der Waals surface area contributed by atoms with Crippen molar-refractivity contribution in [1.29, 1.82) is 5.26 Å². The number of ether oxygens (including phenoxy) is 2. The monoisotopic (exact) mass is 481 g/mol. The van der Waals surface area contributed by atoms with E-state index in [9.17, 15) is 20.3 Å². The van der Waals surface area contributed by atoms with E-state index in [0.29, 0.717) is 35.0 Å². The molecule has 178 valence electrons. The van der Waals surface area contributed by atoms with E-state index in [0.717, 1.165) is 23.3 Å². The minimum Gasteiger partial charge on any atom is -0.496 e. The summed E-state index contributed by atoms with van der Waals surface area (Å²) in [6.07, 6.45) is -0.359. The highest BCUT2D eigenvalue weighted by atomic mass is 32.1. The zero-order valence-corrected chi connectivity index (χ0v) is 20.1. The van der Waals surface area contributed by atoms with Crippen LogP contribution in [0, 0.1) is 18.3 Å². The van der Waals surface area contributed by atoms with Crippen LogP contribution in [0.25, 0.3) is 0 Å². The van der Waals surface area contributed by atoms with Crippen molar-refractivity contribution in [3.63, 3.8) is 0 Å². The first-order valence-corrected chi connectivity index (χ1v) is 11.5. The van der Waals surface area contributed by atoms with Gasteiger partial charge >= 0.3 is 0 Å². The summed E-state index contributed by atoms with van der Waals surface area (Å²) >= 11 is 1.04. The smallest absolute Gasteiger partial charge is 0.254 e. The van der Waals surface area contributed by atoms with Gasteiger partial charge in [-0.2, -0.15) is 5.26 Å². The third-order valence-electron chi connectivity index (χ3n) is 5.39. The number of benzene rings is 2. The van der Waals surface area contributed by atoms with E-state index >= 15 is 0 Å². The van der Waals surface area contributed by atoms with Crippen LogP contribution in [0.15, 0.2) is 42.5 Å². The lowest BCUT2D eigenvalue weighted by molar-refractivity contribution is -0.0456. The van der Waals surface area contributed by atoms with Crippen molar-refractivity contribution in [2.75, 3.05) is 20.8 Å². The van der Waals surface area contributed by atoms with Crippen molar-refractivity contribution in [2.24, 2.45) is 0 Å². The Morgan fingerprint density at radius 2 is 1.82 bits per heavy atom. The molecule has 0 spiro atoms. The molecule has 34 heavy (non-hydrogen) atoms. The summed E-state index contributed by atoms with van der Waals surface area (Å²) in [5.74, 6) is 0.835. The summed E-state index contributed by atoms with van der Waals surface area (Å²) in [7, 11) is 3.07. The molecule has 0 aliphatic carbocycles. The molecule has 0 radical (unpaired) electrons. The van der Waals surface area contributed by atoms with Crippen LogP contribution in [0.4, 0.5) is 0 Å². The van der Waals surface area contributed by atoms with Crippen LogP contribution in [0.3, 0.4) is 0 Å². The van der Waals surface area contributed by atoms with Crippen LogP contribution in [0.1, 0.15) is 49.8 Å². The Balaban J connectivity index is 1.89. The molecular formula is C25H27N3O5S. The number of hydrogen-bond donors (Lipinski definition) is 2. The second-order valence-electron chi connectivity index (χ2n) is 7.63. The molecule has 0 atom stereocenters. The number of carbonyl (C=O) groups excluding carboxylic acids is 1. The molecular weight excluding hydrogens is 454 g/mol. The number of carbonyl (C=O) groups is 1. The topological polar surface area (TPSA) is 116 Å². The maximum Gasteiger partial charge on any atom is 0.254 e. The minimum absolute atomic E-state index is 0.0992. The molecule has 0 unspecified atom stereocenters. The third kappa shape index (κ3) is 5.91. The van der Waals surface area contributed by atoms with E-state index in [1.54, 1.807) is 17.0 Å². The number of aliphatic hydroxyl groups is 2. The normalized spacial score (nSPS) is 10.7. The SMILES string of the molecule is COc1cc(C(=O)N(CCCc2ccccc2)Cc2nc(C(O)O)c(C#N)s2)cc(OC)c1C. The summed E-state index contributed by atoms with van der Waals surface area (Å²) in [6.45, 7) is 2.41. The van der Waals surface area contributed by atoms with Crippen LogP contribution in [-0.4, -0.2) is 46.8 Å². The van der Waals surface area contributed by atoms with Crippen molar-refractivity contribution < 1.29 is 24.5 Å². The van der Waals surface area contributed by atoms with Crippen LogP contribution in [0.5, 0.6) is 11.5 Å². The molecule has 3 aromatic rings. The fraction of sp³-hybridized carbons (Fsp3) is 0.320. The molecule has 0 aliphatic rings. The molecule has 0 aliphatic heterocycles. The summed E-state index contributed by atoms with van der Waals surface area (Å²) in [6, 6.07) is 15.3. The fourth-order valence-corrected chi connectivity index (χ4v) is 4.53. The number of thiazole rings is 1. The largest absolute Gasteiger partial charge is 0.496 e. The van der Waals surface area contributed by atoms with Gasteiger partial charge < -0.3 is 24.6 Å². The Kier molecular flexibility index (Phi) is 8.60. The zero-order chi connectivity index (χ0) is 24.7. The Morgan fingerprint density at radius 3 is 2.35 bits per heavy atom. The molecule has 1 amide bonds. The number of nitrogens with zero attached hydrogens (tertiary/aromatic N) is 3. The van der Waals surface area contributed by atoms with Gasteiger partial charge in [-0.15, -0.1) is 11.3 Å². The summed E-state index contributed by atoms with van der Waals surface area (Å²) < 4.78 is 10.8. The van der Waals surface area contributed by atoms with Gasteiger partial charge in [0.2, 0.25) is 0 Å². The predicted octanol–water partition coefficient (Wildman–Crippen LogP) is 3.60. The molecule has 8 nitrogen and oxygen atoms in total. The third-order valence-corrected chi connectivity index (χ3v) is 6.35. The average molecular weight is 482 g/mol. The van der Waals surface area contributed by atoms with Gasteiger partial charge in [-0.1, -0.05) is 30.3 Å². The van der Waals surface area contributed by atoms with Crippen LogP contribution in [-0.2, 0) is 13.0 Å². The number of rotatable bonds is 10. The number of methoxy groups -OCH3 is 2. The van der Waals surface area contributed by atoms with Gasteiger partial charge in [-0.05, 0) is 37.5 Å². The molecule has 0 fully saturated rings. The number of nitriles is 1. The maximum atomic E-state index is 13.6. The molecule has 3 rings (SSSR count). The Labute approximate surface area is 202 Å². The van der Waals surface area contributed by atoms with E-state index in [-0.39, 0.29) is 23.0 Å². The van der Waals surface area contributed by atoms with Gasteiger partial charge in [-0.25, -0.2) is 4.98 Å². The van der Waals surface area contributed by atoms with E-state index in [4.69, 9.17) is 9.47 Å². The van der Waals surface area contributed by atoms with Gasteiger partial charge in [0.05, 0.1) is 20.8 Å². The predicted molar refractivity (Wildman–Crippen MR) is 128 cm³/mol. The molecule has 0 saturated heterocycles. The van der Waals surface area contributed by atoms with E-state index < -0.39 is 6.29 Å². The number of amides is 1. The van der Waals surface area contributed by atoms with Crippen LogP contribution < -0.4 is 9.47 Å². The van der Waals surface area contributed by atoms with Gasteiger partial charge in [0.15, 0.2) is 6.29 Å². The molecule has 2 N–H and O–H groups in total. The maximum absolute atomic E-state index is 13.6. The van der Waals surface area contributed by atoms with Crippen molar-refractivity contribution >= 4 is 17.2 Å². The van der Waals surface area contributed by atoms with E-state index in [1.165, 1.54) is 19.8 Å². The quantitative estimate of drug-likeness (QED) is 0.425. The highest BCUT2D eigenvalue weighted by Crippen LogP contribution is 2.31. The summed E-state index contributed by atoms with van der Waals surface area (Å²) in [5, 5.41) is 28.8. The van der Waals surface area contributed by atoms with Crippen molar-refractivity contribution in [2.45, 2.75) is 32.6 Å². The van der Waals surface area contributed by atoms with Crippen molar-refractivity contribution in [3.8, 4) is 17.6 Å². The second kappa shape index (κ2) is 11.6. The summed E-state index contributed by atoms with van der Waals surface area (Å²) in [4.78, 5) is 19.5. The first-order valence-electron chi connectivity index (χ1n) is 10.7. The number of hydrogen-bond acceptors (Lipinski definition) is 8. The Morgan fingerprint density at radius 1 is 1.18 bits per heavy atom. The van der Waals surface area contributed by atoms with Gasteiger partial charge in [0.25, 0.3) is 5.91 Å². The molecule has 0 bridgehead atoms. The first kappa shape index (κ1) is 25.2. The Hall–Kier alpha value is -3.45. The van der Waals surface area contributed by atoms with Gasteiger partial charge in [0.1, 0.15) is 33.1 Å². The van der Waals surface area contributed by atoms with E-state index in [2.05, 4.69) is 4.98 Å². The molecule has 2 aromatic carbocycles. The first-order chi connectivity index (χ1) is 16.4. The van der Waals surface area contributed by atoms with E-state index in [1.807, 2.05) is 43.3 Å².